The molecule has 0 atom stereocenters. The third-order valence-electron chi connectivity index (χ3n) is 3.22. The highest BCUT2D eigenvalue weighted by Crippen LogP contribution is 2.21. The molecule has 0 fully saturated rings. The number of imidazole rings is 1. The van der Waals surface area contributed by atoms with Crippen molar-refractivity contribution in [1.29, 1.82) is 0 Å². The fraction of sp³-hybridized carbons (Fsp3) is 0.0714. The van der Waals surface area contributed by atoms with Gasteiger partial charge in [-0.3, -0.25) is 5.21 Å². The number of hydrogen-bond acceptors (Lipinski definition) is 4. The van der Waals surface area contributed by atoms with Crippen molar-refractivity contribution in [2.24, 2.45) is 23.0 Å². The summed E-state index contributed by atoms with van der Waals surface area (Å²) in [6.45, 7) is 0. The average molecular weight is 315 g/mol. The summed E-state index contributed by atoms with van der Waals surface area (Å²) in [6, 6.07) is 7.95. The van der Waals surface area contributed by atoms with E-state index in [4.69, 9.17) is 10.9 Å². The van der Waals surface area contributed by atoms with Crippen LogP contribution in [0.4, 0.5) is 0 Å². The molecular formula is C14H15N6OS+. The van der Waals surface area contributed by atoms with Gasteiger partial charge in [0.15, 0.2) is 5.69 Å². The normalized spacial score (nSPS) is 12.4. The molecule has 2 heterocycles. The number of rotatable bonds is 3. The topological polar surface area (TPSA) is 92.0 Å². The van der Waals surface area contributed by atoms with Gasteiger partial charge in [-0.25, -0.2) is 10.0 Å². The Labute approximate surface area is 130 Å². The van der Waals surface area contributed by atoms with Crippen molar-refractivity contribution >= 4 is 28.5 Å². The molecule has 0 saturated heterocycles. The number of aromatic nitrogens is 2. The SMILES string of the molecule is Cn1c(-c2ccc(/C=N/N=C(/N)NO)cc2)c[n+]2ccsc12. The zero-order valence-corrected chi connectivity index (χ0v) is 12.7. The summed E-state index contributed by atoms with van der Waals surface area (Å²) in [5, 5.41) is 17.9. The molecule has 7 nitrogen and oxygen atoms in total. The van der Waals surface area contributed by atoms with Crippen molar-refractivity contribution in [3.63, 3.8) is 0 Å². The Kier molecular flexibility index (Phi) is 3.86. The summed E-state index contributed by atoms with van der Waals surface area (Å²) in [4.78, 5) is 1.18. The third kappa shape index (κ3) is 2.69. The summed E-state index contributed by atoms with van der Waals surface area (Å²) in [7, 11) is 2.05. The van der Waals surface area contributed by atoms with Gasteiger partial charge in [0, 0.05) is 10.9 Å². The second-order valence-corrected chi connectivity index (χ2v) is 5.50. The van der Waals surface area contributed by atoms with Crippen LogP contribution < -0.4 is 15.6 Å². The van der Waals surface area contributed by atoms with E-state index in [0.29, 0.717) is 0 Å². The van der Waals surface area contributed by atoms with Crippen LogP contribution in [0.25, 0.3) is 16.2 Å². The van der Waals surface area contributed by atoms with Crippen LogP contribution in [0.1, 0.15) is 5.56 Å². The van der Waals surface area contributed by atoms with Gasteiger partial charge in [-0.2, -0.15) is 9.50 Å². The molecule has 1 aromatic carbocycles. The minimum absolute atomic E-state index is 0.159. The van der Waals surface area contributed by atoms with E-state index in [2.05, 4.69) is 37.8 Å². The molecule has 0 aliphatic heterocycles. The van der Waals surface area contributed by atoms with Gasteiger partial charge in [0.2, 0.25) is 5.96 Å². The molecule has 4 N–H and O–H groups in total. The fourth-order valence-corrected chi connectivity index (χ4v) is 2.95. The summed E-state index contributed by atoms with van der Waals surface area (Å²) in [6.07, 6.45) is 5.71. The largest absolute Gasteiger partial charge is 0.367 e. The lowest BCUT2D eigenvalue weighted by molar-refractivity contribution is -0.505. The number of fused-ring (bicyclic) bond motifs is 1. The summed E-state index contributed by atoms with van der Waals surface area (Å²) in [5.41, 5.74) is 10.1. The van der Waals surface area contributed by atoms with E-state index < -0.39 is 0 Å². The number of hydroxylamine groups is 1. The number of thiazole rings is 1. The molecular weight excluding hydrogens is 300 g/mol. The van der Waals surface area contributed by atoms with E-state index in [-0.39, 0.29) is 5.96 Å². The van der Waals surface area contributed by atoms with E-state index in [1.165, 1.54) is 4.96 Å². The van der Waals surface area contributed by atoms with E-state index in [1.54, 1.807) is 23.0 Å². The number of benzene rings is 1. The number of nitrogens with two attached hydrogens (primary N) is 1. The molecule has 0 unspecified atom stereocenters. The van der Waals surface area contributed by atoms with Crippen LogP contribution in [-0.4, -0.2) is 21.9 Å². The lowest BCUT2D eigenvalue weighted by Gasteiger charge is -1.98. The Hall–Kier alpha value is -2.71. The summed E-state index contributed by atoms with van der Waals surface area (Å²) in [5.74, 6) is -0.159. The van der Waals surface area contributed by atoms with Crippen molar-refractivity contribution in [3.05, 3.63) is 47.6 Å². The molecule has 8 heteroatoms. The van der Waals surface area contributed by atoms with Crippen LogP contribution in [-0.2, 0) is 7.05 Å². The predicted octanol–water partition coefficient (Wildman–Crippen LogP) is 1.12. The zero-order chi connectivity index (χ0) is 15.5. The quantitative estimate of drug-likeness (QED) is 0.293. The van der Waals surface area contributed by atoms with Crippen LogP contribution in [0.2, 0.25) is 0 Å². The van der Waals surface area contributed by atoms with Gasteiger partial charge in [-0.15, -0.1) is 5.10 Å². The van der Waals surface area contributed by atoms with Crippen molar-refractivity contribution in [3.8, 4) is 11.3 Å². The predicted molar refractivity (Wildman–Crippen MR) is 86.0 cm³/mol. The highest BCUT2D eigenvalue weighted by atomic mass is 32.1. The minimum Gasteiger partial charge on any atom is -0.367 e. The molecule has 0 bridgehead atoms. The van der Waals surface area contributed by atoms with Crippen molar-refractivity contribution < 1.29 is 9.61 Å². The molecule has 2 aromatic heterocycles. The molecule has 0 aliphatic carbocycles. The number of hydrogen-bond donors (Lipinski definition) is 3. The summed E-state index contributed by atoms with van der Waals surface area (Å²) >= 11 is 1.70. The standard InChI is InChI=1S/C14H15N6OS/c1-19-12(9-20-6-7-22-14(19)20)11-4-2-10(3-5-11)8-16-17-13(15)18-21/h2-9,21H,1H3,(H3,15,17,18)/q+1/b16-8+. The molecule has 3 rings (SSSR count). The zero-order valence-electron chi connectivity index (χ0n) is 11.8. The number of nitrogens with one attached hydrogen (secondary N) is 1. The van der Waals surface area contributed by atoms with E-state index in [9.17, 15) is 0 Å². The molecule has 112 valence electrons. The van der Waals surface area contributed by atoms with Gasteiger partial charge >= 0.3 is 4.96 Å². The minimum atomic E-state index is -0.159. The van der Waals surface area contributed by atoms with E-state index >= 15 is 0 Å². The highest BCUT2D eigenvalue weighted by molar-refractivity contribution is 7.14. The lowest BCUT2D eigenvalue weighted by atomic mass is 10.1. The first kappa shape index (κ1) is 14.2. The molecule has 0 amide bonds. The second-order valence-electron chi connectivity index (χ2n) is 4.63. The van der Waals surface area contributed by atoms with Crippen LogP contribution in [0.3, 0.4) is 0 Å². The molecule has 22 heavy (non-hydrogen) atoms. The Morgan fingerprint density at radius 2 is 2.18 bits per heavy atom. The van der Waals surface area contributed by atoms with Gasteiger partial charge < -0.3 is 5.73 Å². The first-order valence-corrected chi connectivity index (χ1v) is 7.38. The Morgan fingerprint density at radius 3 is 2.86 bits per heavy atom. The van der Waals surface area contributed by atoms with Gasteiger partial charge in [-0.1, -0.05) is 23.5 Å². The molecule has 0 aliphatic rings. The van der Waals surface area contributed by atoms with Crippen LogP contribution in [0, 0.1) is 0 Å². The molecule has 3 aromatic rings. The monoisotopic (exact) mass is 315 g/mol. The molecule has 0 spiro atoms. The second kappa shape index (κ2) is 5.96. The van der Waals surface area contributed by atoms with Crippen LogP contribution in [0.15, 0.2) is 52.2 Å². The fourth-order valence-electron chi connectivity index (χ4n) is 2.14. The van der Waals surface area contributed by atoms with Crippen molar-refractivity contribution in [1.82, 2.24) is 10.0 Å². The molecule has 0 saturated carbocycles. The van der Waals surface area contributed by atoms with Gasteiger partial charge in [-0.05, 0) is 17.7 Å². The van der Waals surface area contributed by atoms with Crippen LogP contribution in [0.5, 0.6) is 0 Å². The average Bonchev–Trinajstić information content (AvgIpc) is 3.11. The van der Waals surface area contributed by atoms with Crippen LogP contribution >= 0.6 is 11.3 Å². The number of aryl methyl sites for hydroxylation is 1. The smallest absolute Gasteiger partial charge is 0.345 e. The lowest BCUT2D eigenvalue weighted by Crippen LogP contribution is -2.27. The Balaban J connectivity index is 1.85. The third-order valence-corrected chi connectivity index (χ3v) is 4.17. The number of guanidine groups is 1. The summed E-state index contributed by atoms with van der Waals surface area (Å²) < 4.78 is 4.26. The van der Waals surface area contributed by atoms with E-state index in [0.717, 1.165) is 16.8 Å². The maximum Gasteiger partial charge on any atom is 0.345 e. The van der Waals surface area contributed by atoms with Crippen molar-refractivity contribution in [2.75, 3.05) is 0 Å². The molecule has 0 radical (unpaired) electrons. The highest BCUT2D eigenvalue weighted by Gasteiger charge is 2.16. The van der Waals surface area contributed by atoms with Crippen molar-refractivity contribution in [2.45, 2.75) is 0 Å². The Bertz CT molecular complexity index is 846. The first-order chi connectivity index (χ1) is 10.7. The maximum atomic E-state index is 8.48. The Morgan fingerprint density at radius 1 is 1.41 bits per heavy atom. The van der Waals surface area contributed by atoms with Gasteiger partial charge in [0.25, 0.3) is 0 Å². The first-order valence-electron chi connectivity index (χ1n) is 6.50. The number of nitrogens with zero attached hydrogens (tertiary/aromatic N) is 4. The maximum absolute atomic E-state index is 8.48. The van der Waals surface area contributed by atoms with E-state index in [1.807, 2.05) is 30.5 Å². The van der Waals surface area contributed by atoms with Gasteiger partial charge in [0.1, 0.15) is 12.4 Å². The van der Waals surface area contributed by atoms with Gasteiger partial charge in [0.05, 0.1) is 13.3 Å².